The first-order valence-electron chi connectivity index (χ1n) is 7.34. The zero-order valence-corrected chi connectivity index (χ0v) is 12.7. The normalized spacial score (nSPS) is 15.5. The van der Waals surface area contributed by atoms with Crippen LogP contribution in [0.3, 0.4) is 0 Å². The Morgan fingerprint density at radius 2 is 1.73 bits per heavy atom. The van der Waals surface area contributed by atoms with Crippen LogP contribution in [0.2, 0.25) is 0 Å². The van der Waals surface area contributed by atoms with E-state index < -0.39 is 11.8 Å². The van der Waals surface area contributed by atoms with Gasteiger partial charge in [-0.1, -0.05) is 0 Å². The van der Waals surface area contributed by atoms with Gasteiger partial charge in [-0.2, -0.15) is 0 Å². The summed E-state index contributed by atoms with van der Waals surface area (Å²) in [7, 11) is 2.11. The molecule has 120 valence electrons. The predicted octanol–water partition coefficient (Wildman–Crippen LogP) is -0.515. The third kappa shape index (κ3) is 4.44. The highest BCUT2D eigenvalue weighted by Crippen LogP contribution is 2.19. The largest absolute Gasteiger partial charge is 0.395 e. The number of piperazine rings is 1. The summed E-state index contributed by atoms with van der Waals surface area (Å²) >= 11 is 0. The Kier molecular flexibility index (Phi) is 5.74. The summed E-state index contributed by atoms with van der Waals surface area (Å²) < 4.78 is 0. The van der Waals surface area contributed by atoms with E-state index in [-0.39, 0.29) is 13.2 Å². The first-order chi connectivity index (χ1) is 10.6. The Morgan fingerprint density at radius 3 is 2.32 bits per heavy atom. The number of carbonyl (C=O) groups excluding carboxylic acids is 2. The van der Waals surface area contributed by atoms with Crippen molar-refractivity contribution in [3.63, 3.8) is 0 Å². The molecule has 0 saturated carbocycles. The summed E-state index contributed by atoms with van der Waals surface area (Å²) in [5.41, 5.74) is 1.68. The van der Waals surface area contributed by atoms with E-state index in [2.05, 4.69) is 27.5 Å². The molecule has 0 radical (unpaired) electrons. The minimum atomic E-state index is -0.753. The zero-order chi connectivity index (χ0) is 15.9. The van der Waals surface area contributed by atoms with Crippen molar-refractivity contribution in [3.8, 4) is 0 Å². The van der Waals surface area contributed by atoms with E-state index in [1.165, 1.54) is 0 Å². The average molecular weight is 306 g/mol. The molecule has 0 aromatic heterocycles. The van der Waals surface area contributed by atoms with Gasteiger partial charge in [-0.05, 0) is 31.3 Å². The number of hydrogen-bond donors (Lipinski definition) is 3. The van der Waals surface area contributed by atoms with Crippen molar-refractivity contribution in [2.75, 3.05) is 56.6 Å². The second-order valence-corrected chi connectivity index (χ2v) is 5.27. The molecule has 7 nitrogen and oxygen atoms in total. The van der Waals surface area contributed by atoms with Gasteiger partial charge in [0.05, 0.1) is 6.61 Å². The molecule has 7 heteroatoms. The molecule has 1 fully saturated rings. The minimum Gasteiger partial charge on any atom is -0.395 e. The monoisotopic (exact) mass is 306 g/mol. The van der Waals surface area contributed by atoms with E-state index in [4.69, 9.17) is 5.11 Å². The minimum absolute atomic E-state index is 0.0641. The van der Waals surface area contributed by atoms with E-state index in [1.807, 2.05) is 12.1 Å². The number of benzene rings is 1. The summed E-state index contributed by atoms with van der Waals surface area (Å²) in [5, 5.41) is 13.4. The molecule has 22 heavy (non-hydrogen) atoms. The molecule has 2 rings (SSSR count). The standard InChI is InChI=1S/C15H22N4O3/c1-18-7-9-19(10-8-18)13-4-2-12(3-5-13)17-15(22)14(21)16-6-11-20/h2-5,20H,6-11H2,1H3,(H,16,21)(H,17,22). The van der Waals surface area contributed by atoms with E-state index in [0.717, 1.165) is 31.9 Å². The van der Waals surface area contributed by atoms with Crippen molar-refractivity contribution in [1.29, 1.82) is 0 Å². The molecule has 2 amide bonds. The van der Waals surface area contributed by atoms with Gasteiger partial charge in [-0.25, -0.2) is 0 Å². The fourth-order valence-electron chi connectivity index (χ4n) is 2.26. The number of nitrogens with zero attached hydrogens (tertiary/aromatic N) is 2. The smallest absolute Gasteiger partial charge is 0.313 e. The van der Waals surface area contributed by atoms with Crippen LogP contribution in [-0.2, 0) is 9.59 Å². The summed E-state index contributed by atoms with van der Waals surface area (Å²) in [6, 6.07) is 7.44. The van der Waals surface area contributed by atoms with Gasteiger partial charge < -0.3 is 25.5 Å². The Hall–Kier alpha value is -2.12. The van der Waals surface area contributed by atoms with Gasteiger partial charge in [0.25, 0.3) is 0 Å². The lowest BCUT2D eigenvalue weighted by Gasteiger charge is -2.34. The number of anilines is 2. The van der Waals surface area contributed by atoms with Crippen LogP contribution in [0.4, 0.5) is 11.4 Å². The molecule has 1 heterocycles. The number of rotatable bonds is 4. The number of amides is 2. The summed E-state index contributed by atoms with van der Waals surface area (Å²) in [6.07, 6.45) is 0. The maximum absolute atomic E-state index is 11.6. The van der Waals surface area contributed by atoms with Gasteiger partial charge in [0.15, 0.2) is 0 Å². The van der Waals surface area contributed by atoms with E-state index >= 15 is 0 Å². The third-order valence-corrected chi connectivity index (χ3v) is 3.60. The molecule has 0 unspecified atom stereocenters. The van der Waals surface area contributed by atoms with Crippen LogP contribution in [0, 0.1) is 0 Å². The second-order valence-electron chi connectivity index (χ2n) is 5.27. The van der Waals surface area contributed by atoms with Crippen LogP contribution < -0.4 is 15.5 Å². The van der Waals surface area contributed by atoms with Crippen molar-refractivity contribution in [2.45, 2.75) is 0 Å². The van der Waals surface area contributed by atoms with Crippen molar-refractivity contribution >= 4 is 23.2 Å². The Balaban J connectivity index is 1.89. The molecule has 3 N–H and O–H groups in total. The highest BCUT2D eigenvalue weighted by molar-refractivity contribution is 6.39. The number of aliphatic hydroxyl groups excluding tert-OH is 1. The number of nitrogens with one attached hydrogen (secondary N) is 2. The molecule has 0 bridgehead atoms. The molecule has 1 aromatic carbocycles. The van der Waals surface area contributed by atoms with Crippen molar-refractivity contribution in [1.82, 2.24) is 10.2 Å². The van der Waals surface area contributed by atoms with Gasteiger partial charge in [0, 0.05) is 44.1 Å². The van der Waals surface area contributed by atoms with Gasteiger partial charge in [0.1, 0.15) is 0 Å². The van der Waals surface area contributed by atoms with Crippen LogP contribution >= 0.6 is 0 Å². The lowest BCUT2D eigenvalue weighted by Crippen LogP contribution is -2.44. The molecule has 0 aliphatic carbocycles. The zero-order valence-electron chi connectivity index (χ0n) is 12.7. The van der Waals surface area contributed by atoms with Crippen LogP contribution in [0.5, 0.6) is 0 Å². The highest BCUT2D eigenvalue weighted by Gasteiger charge is 2.15. The van der Waals surface area contributed by atoms with E-state index in [0.29, 0.717) is 5.69 Å². The lowest BCUT2D eigenvalue weighted by molar-refractivity contribution is -0.136. The molecule has 1 aromatic rings. The summed E-state index contributed by atoms with van der Waals surface area (Å²) in [5.74, 6) is -1.49. The Bertz CT molecular complexity index is 510. The third-order valence-electron chi connectivity index (χ3n) is 3.60. The first-order valence-corrected chi connectivity index (χ1v) is 7.34. The lowest BCUT2D eigenvalue weighted by atomic mass is 10.2. The molecule has 0 spiro atoms. The van der Waals surface area contributed by atoms with Gasteiger partial charge in [-0.3, -0.25) is 9.59 Å². The predicted molar refractivity (Wildman–Crippen MR) is 84.9 cm³/mol. The Morgan fingerprint density at radius 1 is 1.09 bits per heavy atom. The van der Waals surface area contributed by atoms with Crippen LogP contribution in [0.15, 0.2) is 24.3 Å². The highest BCUT2D eigenvalue weighted by atomic mass is 16.3. The summed E-state index contributed by atoms with van der Waals surface area (Å²) in [6.45, 7) is 3.89. The number of carbonyl (C=O) groups is 2. The number of likely N-dealkylation sites (N-methyl/N-ethyl adjacent to an activating group) is 1. The van der Waals surface area contributed by atoms with Crippen molar-refractivity contribution < 1.29 is 14.7 Å². The average Bonchev–Trinajstić information content (AvgIpc) is 2.54. The maximum atomic E-state index is 11.6. The van der Waals surface area contributed by atoms with Crippen LogP contribution in [0.1, 0.15) is 0 Å². The van der Waals surface area contributed by atoms with Crippen molar-refractivity contribution in [3.05, 3.63) is 24.3 Å². The van der Waals surface area contributed by atoms with Crippen molar-refractivity contribution in [2.24, 2.45) is 0 Å². The van der Waals surface area contributed by atoms with E-state index in [1.54, 1.807) is 12.1 Å². The number of hydrogen-bond acceptors (Lipinski definition) is 5. The molecule has 0 atom stereocenters. The van der Waals surface area contributed by atoms with E-state index in [9.17, 15) is 9.59 Å². The maximum Gasteiger partial charge on any atom is 0.313 e. The van der Waals surface area contributed by atoms with Crippen LogP contribution in [-0.4, -0.2) is 68.2 Å². The SMILES string of the molecule is CN1CCN(c2ccc(NC(=O)C(=O)NCCO)cc2)CC1. The van der Waals surface area contributed by atoms with Gasteiger partial charge in [-0.15, -0.1) is 0 Å². The second kappa shape index (κ2) is 7.77. The quantitative estimate of drug-likeness (QED) is 0.652. The fourth-order valence-corrected chi connectivity index (χ4v) is 2.26. The molecule has 1 aliphatic heterocycles. The summed E-state index contributed by atoms with van der Waals surface area (Å²) in [4.78, 5) is 27.6. The van der Waals surface area contributed by atoms with Gasteiger partial charge in [0.2, 0.25) is 0 Å². The molecule has 1 saturated heterocycles. The molecular weight excluding hydrogens is 284 g/mol. The molecule has 1 aliphatic rings. The van der Waals surface area contributed by atoms with Crippen LogP contribution in [0.25, 0.3) is 0 Å². The number of aliphatic hydroxyl groups is 1. The first kappa shape index (κ1) is 16.3. The fraction of sp³-hybridized carbons (Fsp3) is 0.467. The molecular formula is C15H22N4O3. The topological polar surface area (TPSA) is 84.9 Å². The Labute approximate surface area is 129 Å². The van der Waals surface area contributed by atoms with Gasteiger partial charge >= 0.3 is 11.8 Å².